The fraction of sp³-hybridized carbons (Fsp3) is 0.450. The zero-order valence-electron chi connectivity index (χ0n) is 15.7. The van der Waals surface area contributed by atoms with Crippen LogP contribution in [0.1, 0.15) is 31.7 Å². The number of hydrogen-bond donors (Lipinski definition) is 1. The van der Waals surface area contributed by atoms with Crippen LogP contribution >= 0.6 is 23.2 Å². The predicted molar refractivity (Wildman–Crippen MR) is 110 cm³/mol. The second-order valence-corrected chi connectivity index (χ2v) is 7.55. The van der Waals surface area contributed by atoms with Crippen LogP contribution in [-0.4, -0.2) is 42.4 Å². The van der Waals surface area contributed by atoms with Crippen LogP contribution in [0, 0.1) is 12.8 Å². The quantitative estimate of drug-likeness (QED) is 0.771. The normalized spacial score (nSPS) is 20.0. The van der Waals surface area contributed by atoms with E-state index in [1.54, 1.807) is 11.0 Å². The number of halogens is 2. The SMILES string of the molecule is CCC1CCN=C(C2=C(N)CCN(C=O)C2)C1=O.Cc1ccc(Cl)c(Cl)c1. The summed E-state index contributed by atoms with van der Waals surface area (Å²) in [5.74, 6) is 0.152. The van der Waals surface area contributed by atoms with E-state index in [1.165, 1.54) is 0 Å². The van der Waals surface area contributed by atoms with Crippen LogP contribution in [0.3, 0.4) is 0 Å². The molecule has 3 rings (SSSR count). The van der Waals surface area contributed by atoms with Gasteiger partial charge in [-0.15, -0.1) is 0 Å². The molecule has 2 N–H and O–H groups in total. The lowest BCUT2D eigenvalue weighted by Gasteiger charge is -2.29. The Hall–Kier alpha value is -1.85. The van der Waals surface area contributed by atoms with Crippen molar-refractivity contribution in [2.45, 2.75) is 33.1 Å². The number of rotatable bonds is 3. The molecule has 0 fully saturated rings. The van der Waals surface area contributed by atoms with Gasteiger partial charge in [0.25, 0.3) is 0 Å². The number of carbonyl (C=O) groups is 2. The van der Waals surface area contributed by atoms with Crippen molar-refractivity contribution in [1.82, 2.24) is 4.90 Å². The van der Waals surface area contributed by atoms with E-state index < -0.39 is 0 Å². The summed E-state index contributed by atoms with van der Waals surface area (Å²) in [4.78, 5) is 29.1. The van der Waals surface area contributed by atoms with Crippen molar-refractivity contribution in [3.63, 3.8) is 0 Å². The molecule has 1 aromatic carbocycles. The van der Waals surface area contributed by atoms with E-state index in [0.29, 0.717) is 47.5 Å². The van der Waals surface area contributed by atoms with E-state index in [1.807, 2.05) is 26.0 Å². The monoisotopic (exact) mass is 409 g/mol. The highest BCUT2D eigenvalue weighted by Crippen LogP contribution is 2.23. The highest BCUT2D eigenvalue weighted by molar-refractivity contribution is 6.47. The third kappa shape index (κ3) is 5.56. The van der Waals surface area contributed by atoms with Gasteiger partial charge in [0, 0.05) is 43.2 Å². The predicted octanol–water partition coefficient (Wildman–Crippen LogP) is 3.80. The first-order chi connectivity index (χ1) is 12.9. The summed E-state index contributed by atoms with van der Waals surface area (Å²) in [6, 6.07) is 5.55. The summed E-state index contributed by atoms with van der Waals surface area (Å²) in [5, 5.41) is 1.24. The molecule has 7 heteroatoms. The van der Waals surface area contributed by atoms with Crippen molar-refractivity contribution in [1.29, 1.82) is 0 Å². The molecule has 146 valence electrons. The summed E-state index contributed by atoms with van der Waals surface area (Å²) in [6.45, 7) is 5.70. The Labute approximate surface area is 170 Å². The molecular formula is C20H25Cl2N3O2. The van der Waals surface area contributed by atoms with E-state index in [9.17, 15) is 9.59 Å². The lowest BCUT2D eigenvalue weighted by molar-refractivity contribution is -0.118. The maximum absolute atomic E-state index is 12.3. The number of carbonyl (C=O) groups excluding carboxylic acids is 2. The van der Waals surface area contributed by atoms with E-state index in [-0.39, 0.29) is 11.7 Å². The Morgan fingerprint density at radius 2 is 2.07 bits per heavy atom. The van der Waals surface area contributed by atoms with Gasteiger partial charge in [-0.25, -0.2) is 0 Å². The first-order valence-corrected chi connectivity index (χ1v) is 9.80. The smallest absolute Gasteiger partial charge is 0.210 e. The van der Waals surface area contributed by atoms with Crippen LogP contribution in [0.2, 0.25) is 10.0 Å². The number of aryl methyl sites for hydroxylation is 1. The van der Waals surface area contributed by atoms with E-state index in [4.69, 9.17) is 28.9 Å². The second kappa shape index (κ2) is 9.90. The first kappa shape index (κ1) is 21.5. The highest BCUT2D eigenvalue weighted by atomic mass is 35.5. The molecule has 2 aliphatic heterocycles. The molecule has 5 nitrogen and oxygen atoms in total. The number of benzene rings is 1. The molecule has 0 saturated heterocycles. The Kier molecular flexibility index (Phi) is 7.87. The summed E-state index contributed by atoms with van der Waals surface area (Å²) >= 11 is 11.3. The van der Waals surface area contributed by atoms with Crippen molar-refractivity contribution in [3.8, 4) is 0 Å². The van der Waals surface area contributed by atoms with Crippen molar-refractivity contribution >= 4 is 41.1 Å². The Balaban J connectivity index is 0.000000244. The lowest BCUT2D eigenvalue weighted by atomic mass is 9.87. The number of amides is 1. The fourth-order valence-electron chi connectivity index (χ4n) is 3.08. The van der Waals surface area contributed by atoms with Gasteiger partial charge in [-0.3, -0.25) is 14.6 Å². The van der Waals surface area contributed by atoms with Gasteiger partial charge in [0.1, 0.15) is 5.71 Å². The van der Waals surface area contributed by atoms with Crippen LogP contribution < -0.4 is 5.73 Å². The number of ketones is 1. The summed E-state index contributed by atoms with van der Waals surface area (Å²) < 4.78 is 0. The van der Waals surface area contributed by atoms with Crippen molar-refractivity contribution in [2.75, 3.05) is 19.6 Å². The van der Waals surface area contributed by atoms with Crippen LogP contribution in [0.15, 0.2) is 34.5 Å². The molecule has 0 aromatic heterocycles. The topological polar surface area (TPSA) is 75.8 Å². The molecule has 0 spiro atoms. The highest BCUT2D eigenvalue weighted by Gasteiger charge is 2.30. The van der Waals surface area contributed by atoms with Crippen molar-refractivity contribution in [2.24, 2.45) is 16.6 Å². The largest absolute Gasteiger partial charge is 0.402 e. The van der Waals surface area contributed by atoms with Gasteiger partial charge in [0.05, 0.1) is 10.0 Å². The number of nitrogens with zero attached hydrogens (tertiary/aromatic N) is 2. The molecule has 1 amide bonds. The van der Waals surface area contributed by atoms with E-state index in [2.05, 4.69) is 4.99 Å². The average molecular weight is 410 g/mol. The minimum atomic E-state index is 0.0596. The number of Topliss-reactive ketones (excluding diaryl/α,β-unsaturated/α-hetero) is 1. The second-order valence-electron chi connectivity index (χ2n) is 6.74. The fourth-order valence-corrected chi connectivity index (χ4v) is 3.44. The molecule has 2 heterocycles. The van der Waals surface area contributed by atoms with Gasteiger partial charge in [-0.2, -0.15) is 0 Å². The molecule has 1 aromatic rings. The van der Waals surface area contributed by atoms with Gasteiger partial charge in [0.15, 0.2) is 5.78 Å². The zero-order valence-corrected chi connectivity index (χ0v) is 17.2. The lowest BCUT2D eigenvalue weighted by Crippen LogP contribution is -2.39. The molecule has 1 atom stereocenters. The number of aliphatic imine (C=N–C) groups is 1. The third-order valence-corrected chi connectivity index (χ3v) is 5.51. The minimum Gasteiger partial charge on any atom is -0.402 e. The number of nitrogens with two attached hydrogens (primary N) is 1. The molecule has 0 aliphatic carbocycles. The Morgan fingerprint density at radius 1 is 1.33 bits per heavy atom. The van der Waals surface area contributed by atoms with Crippen molar-refractivity contribution < 1.29 is 9.59 Å². The minimum absolute atomic E-state index is 0.0596. The van der Waals surface area contributed by atoms with Gasteiger partial charge in [0.2, 0.25) is 6.41 Å². The van der Waals surface area contributed by atoms with Crippen LogP contribution in [0.5, 0.6) is 0 Å². The van der Waals surface area contributed by atoms with Crippen LogP contribution in [-0.2, 0) is 9.59 Å². The maximum atomic E-state index is 12.3. The Morgan fingerprint density at radius 3 is 2.67 bits per heavy atom. The van der Waals surface area contributed by atoms with Gasteiger partial charge in [-0.05, 0) is 37.5 Å². The molecule has 1 unspecified atom stereocenters. The number of hydrogen-bond acceptors (Lipinski definition) is 4. The molecule has 0 bridgehead atoms. The maximum Gasteiger partial charge on any atom is 0.210 e. The van der Waals surface area contributed by atoms with Crippen LogP contribution in [0.4, 0.5) is 0 Å². The molecular weight excluding hydrogens is 385 g/mol. The van der Waals surface area contributed by atoms with Crippen molar-refractivity contribution in [3.05, 3.63) is 45.1 Å². The Bertz CT molecular complexity index is 774. The zero-order chi connectivity index (χ0) is 20.0. The third-order valence-electron chi connectivity index (χ3n) is 4.77. The van der Waals surface area contributed by atoms with Gasteiger partial charge >= 0.3 is 0 Å². The van der Waals surface area contributed by atoms with Gasteiger partial charge < -0.3 is 10.6 Å². The van der Waals surface area contributed by atoms with E-state index in [0.717, 1.165) is 30.4 Å². The standard InChI is InChI=1S/C13H19N3O2.C7H6Cl2/c1-2-9-3-5-15-12(13(9)18)10-7-16(8-17)6-4-11(10)14;1-5-2-3-6(8)7(9)4-5/h8-9H,2-7,14H2,1H3;2-4H,1H3. The van der Waals surface area contributed by atoms with Crippen LogP contribution in [0.25, 0.3) is 0 Å². The van der Waals surface area contributed by atoms with Gasteiger partial charge in [-0.1, -0.05) is 36.2 Å². The molecule has 27 heavy (non-hydrogen) atoms. The average Bonchev–Trinajstić information content (AvgIpc) is 2.66. The first-order valence-electron chi connectivity index (χ1n) is 9.04. The molecule has 0 saturated carbocycles. The summed E-state index contributed by atoms with van der Waals surface area (Å²) in [5.41, 5.74) is 9.09. The molecule has 2 aliphatic rings. The summed E-state index contributed by atoms with van der Waals surface area (Å²) in [6.07, 6.45) is 3.08. The summed E-state index contributed by atoms with van der Waals surface area (Å²) in [7, 11) is 0. The molecule has 0 radical (unpaired) electrons. The van der Waals surface area contributed by atoms with E-state index >= 15 is 0 Å².